The number of rotatable bonds is 2. The van der Waals surface area contributed by atoms with Crippen molar-refractivity contribution in [3.8, 4) is 17.0 Å². The largest absolute Gasteiger partial charge is 0.496 e. The van der Waals surface area contributed by atoms with Crippen LogP contribution in [-0.2, 0) is 0 Å². The number of methoxy groups -OCH3 is 1. The third kappa shape index (κ3) is 1.90. The lowest BCUT2D eigenvalue weighted by Gasteiger charge is -2.07. The van der Waals surface area contributed by atoms with Crippen LogP contribution >= 0.6 is 11.6 Å². The van der Waals surface area contributed by atoms with Crippen molar-refractivity contribution in [2.45, 2.75) is 0 Å². The zero-order valence-corrected chi connectivity index (χ0v) is 11.0. The van der Waals surface area contributed by atoms with Crippen LogP contribution in [-0.4, -0.2) is 17.3 Å². The summed E-state index contributed by atoms with van der Waals surface area (Å²) in [7, 11) is 1.62. The van der Waals surface area contributed by atoms with Crippen LogP contribution < -0.4 is 10.5 Å². The molecule has 0 aliphatic rings. The molecule has 1 heterocycles. The molecule has 0 aliphatic carbocycles. The van der Waals surface area contributed by atoms with Crippen molar-refractivity contribution < 1.29 is 4.74 Å². The van der Waals surface area contributed by atoms with Gasteiger partial charge in [-0.3, -0.25) is 5.10 Å². The maximum atomic E-state index is 6.06. The van der Waals surface area contributed by atoms with Crippen LogP contribution in [0.4, 0.5) is 5.69 Å². The van der Waals surface area contributed by atoms with Crippen LogP contribution in [0.3, 0.4) is 0 Å². The van der Waals surface area contributed by atoms with Crippen molar-refractivity contribution in [1.82, 2.24) is 10.2 Å². The summed E-state index contributed by atoms with van der Waals surface area (Å²) in [6.07, 6.45) is 0. The van der Waals surface area contributed by atoms with Gasteiger partial charge in [0.15, 0.2) is 0 Å². The highest BCUT2D eigenvalue weighted by molar-refractivity contribution is 6.31. The summed E-state index contributed by atoms with van der Waals surface area (Å²) < 4.78 is 5.36. The second-order valence-electron chi connectivity index (χ2n) is 4.19. The van der Waals surface area contributed by atoms with Gasteiger partial charge in [-0.1, -0.05) is 17.7 Å². The van der Waals surface area contributed by atoms with Crippen LogP contribution in [0, 0.1) is 0 Å². The molecule has 96 valence electrons. The normalized spacial score (nSPS) is 10.8. The van der Waals surface area contributed by atoms with E-state index in [1.807, 2.05) is 30.3 Å². The number of ether oxygens (including phenoxy) is 1. The molecule has 0 bridgehead atoms. The lowest BCUT2D eigenvalue weighted by molar-refractivity contribution is 0.416. The molecule has 0 radical (unpaired) electrons. The molecule has 1 aromatic heterocycles. The van der Waals surface area contributed by atoms with E-state index in [2.05, 4.69) is 10.2 Å². The minimum atomic E-state index is 0.626. The first kappa shape index (κ1) is 11.9. The zero-order chi connectivity index (χ0) is 13.4. The van der Waals surface area contributed by atoms with Crippen LogP contribution in [0.5, 0.6) is 5.75 Å². The lowest BCUT2D eigenvalue weighted by Crippen LogP contribution is -1.90. The molecule has 3 N–H and O–H groups in total. The van der Waals surface area contributed by atoms with Crippen molar-refractivity contribution >= 4 is 28.2 Å². The summed E-state index contributed by atoms with van der Waals surface area (Å²) >= 11 is 6.06. The van der Waals surface area contributed by atoms with Gasteiger partial charge in [0.25, 0.3) is 0 Å². The van der Waals surface area contributed by atoms with Gasteiger partial charge in [0.2, 0.25) is 0 Å². The third-order valence-electron chi connectivity index (χ3n) is 3.04. The number of nitrogen functional groups attached to an aromatic ring is 1. The number of nitrogens with one attached hydrogen (secondary N) is 1. The van der Waals surface area contributed by atoms with Gasteiger partial charge in [0.1, 0.15) is 11.4 Å². The van der Waals surface area contributed by atoms with E-state index in [0.717, 1.165) is 22.2 Å². The molecular formula is C14H12ClN3O. The molecule has 3 aromatic rings. The highest BCUT2D eigenvalue weighted by atomic mass is 35.5. The monoisotopic (exact) mass is 273 g/mol. The number of fused-ring (bicyclic) bond motifs is 1. The summed E-state index contributed by atoms with van der Waals surface area (Å²) in [5, 5.41) is 8.81. The first-order valence-corrected chi connectivity index (χ1v) is 6.15. The van der Waals surface area contributed by atoms with Gasteiger partial charge in [-0.05, 0) is 30.3 Å². The average molecular weight is 274 g/mol. The lowest BCUT2D eigenvalue weighted by atomic mass is 10.1. The maximum Gasteiger partial charge on any atom is 0.128 e. The summed E-state index contributed by atoms with van der Waals surface area (Å²) in [5.41, 5.74) is 9.15. The summed E-state index contributed by atoms with van der Waals surface area (Å²) in [6.45, 7) is 0. The zero-order valence-electron chi connectivity index (χ0n) is 10.3. The highest BCUT2D eigenvalue weighted by Gasteiger charge is 2.15. The van der Waals surface area contributed by atoms with Crippen molar-refractivity contribution in [3.63, 3.8) is 0 Å². The molecule has 0 amide bonds. The van der Waals surface area contributed by atoms with E-state index in [1.165, 1.54) is 0 Å². The van der Waals surface area contributed by atoms with E-state index < -0.39 is 0 Å². The molecular weight excluding hydrogens is 262 g/mol. The van der Waals surface area contributed by atoms with E-state index in [0.29, 0.717) is 16.5 Å². The number of H-pyrrole nitrogens is 1. The summed E-state index contributed by atoms with van der Waals surface area (Å²) in [4.78, 5) is 0. The Morgan fingerprint density at radius 1 is 1.26 bits per heavy atom. The van der Waals surface area contributed by atoms with Crippen molar-refractivity contribution in [2.24, 2.45) is 0 Å². The molecule has 3 rings (SSSR count). The molecule has 0 unspecified atom stereocenters. The number of hydrogen-bond acceptors (Lipinski definition) is 3. The average Bonchev–Trinajstić information content (AvgIpc) is 2.84. The molecule has 5 heteroatoms. The smallest absolute Gasteiger partial charge is 0.128 e. The molecule has 0 saturated heterocycles. The minimum Gasteiger partial charge on any atom is -0.496 e. The molecule has 0 aliphatic heterocycles. The number of aromatic amines is 1. The number of nitrogens with two attached hydrogens (primary N) is 1. The Kier molecular flexibility index (Phi) is 2.80. The van der Waals surface area contributed by atoms with E-state index in [-0.39, 0.29) is 0 Å². The third-order valence-corrected chi connectivity index (χ3v) is 3.27. The fourth-order valence-electron chi connectivity index (χ4n) is 2.16. The Labute approximate surface area is 115 Å². The molecule has 19 heavy (non-hydrogen) atoms. The second kappa shape index (κ2) is 4.48. The molecule has 0 spiro atoms. The number of nitrogens with zero attached hydrogens (tertiary/aromatic N) is 1. The number of anilines is 1. The number of halogens is 1. The van der Waals surface area contributed by atoms with Crippen molar-refractivity contribution in [1.29, 1.82) is 0 Å². The van der Waals surface area contributed by atoms with Crippen LogP contribution in [0.2, 0.25) is 5.02 Å². The Morgan fingerprint density at radius 2 is 2.11 bits per heavy atom. The number of benzene rings is 2. The summed E-state index contributed by atoms with van der Waals surface area (Å²) in [6, 6.07) is 11.1. The van der Waals surface area contributed by atoms with Gasteiger partial charge in [-0.15, -0.1) is 0 Å². The predicted octanol–water partition coefficient (Wildman–Crippen LogP) is 3.47. The Bertz CT molecular complexity index is 752. The topological polar surface area (TPSA) is 63.9 Å². The van der Waals surface area contributed by atoms with E-state index in [9.17, 15) is 0 Å². The van der Waals surface area contributed by atoms with E-state index >= 15 is 0 Å². The first-order chi connectivity index (χ1) is 9.20. The standard InChI is InChI=1S/C14H12ClN3O/c1-19-12-6-5-8(15)7-9(12)14-13-10(16)3-2-4-11(13)17-18-14/h2-7H,16H2,1H3,(H,17,18). The first-order valence-electron chi connectivity index (χ1n) is 5.77. The molecule has 4 nitrogen and oxygen atoms in total. The van der Waals surface area contributed by atoms with Gasteiger partial charge in [0, 0.05) is 16.3 Å². The quantitative estimate of drug-likeness (QED) is 0.703. The fraction of sp³-hybridized carbons (Fsp3) is 0.0714. The van der Waals surface area contributed by atoms with Crippen molar-refractivity contribution in [2.75, 3.05) is 12.8 Å². The molecule has 0 fully saturated rings. The molecule has 0 atom stereocenters. The van der Waals surface area contributed by atoms with Gasteiger partial charge in [-0.2, -0.15) is 5.10 Å². The predicted molar refractivity (Wildman–Crippen MR) is 77.5 cm³/mol. The minimum absolute atomic E-state index is 0.626. The van der Waals surface area contributed by atoms with E-state index in [4.69, 9.17) is 22.1 Å². The fourth-order valence-corrected chi connectivity index (χ4v) is 2.33. The Hall–Kier alpha value is -2.20. The SMILES string of the molecule is COc1ccc(Cl)cc1-c1n[nH]c2cccc(N)c12. The summed E-state index contributed by atoms with van der Waals surface area (Å²) in [5.74, 6) is 0.709. The maximum absolute atomic E-state index is 6.06. The van der Waals surface area contributed by atoms with Crippen LogP contribution in [0.25, 0.3) is 22.2 Å². The Morgan fingerprint density at radius 3 is 2.89 bits per heavy atom. The highest BCUT2D eigenvalue weighted by Crippen LogP contribution is 2.37. The van der Waals surface area contributed by atoms with Gasteiger partial charge >= 0.3 is 0 Å². The number of aromatic nitrogens is 2. The van der Waals surface area contributed by atoms with Gasteiger partial charge in [0.05, 0.1) is 18.0 Å². The number of hydrogen-bond donors (Lipinski definition) is 2. The second-order valence-corrected chi connectivity index (χ2v) is 4.62. The van der Waals surface area contributed by atoms with Crippen molar-refractivity contribution in [3.05, 3.63) is 41.4 Å². The van der Waals surface area contributed by atoms with Crippen LogP contribution in [0.15, 0.2) is 36.4 Å². The molecule has 2 aromatic carbocycles. The van der Waals surface area contributed by atoms with Gasteiger partial charge < -0.3 is 10.5 Å². The van der Waals surface area contributed by atoms with Crippen LogP contribution in [0.1, 0.15) is 0 Å². The molecule has 0 saturated carbocycles. The van der Waals surface area contributed by atoms with E-state index in [1.54, 1.807) is 13.2 Å². The van der Waals surface area contributed by atoms with Gasteiger partial charge in [-0.25, -0.2) is 0 Å². The Balaban J connectivity index is 2.33.